The number of nitrogens with zero attached hydrogens (tertiary/aromatic N) is 2. The zero-order valence-electron chi connectivity index (χ0n) is 19.2. The van der Waals surface area contributed by atoms with Gasteiger partial charge >= 0.3 is 0 Å². The molecule has 0 aliphatic heterocycles. The Morgan fingerprint density at radius 2 is 1.62 bits per heavy atom. The van der Waals surface area contributed by atoms with Crippen LogP contribution in [0.5, 0.6) is 0 Å². The quantitative estimate of drug-likeness (QED) is 0.439. The molecule has 2 aromatic rings. The van der Waals surface area contributed by atoms with E-state index in [4.69, 9.17) is 34.8 Å². The SMILES string of the molecule is CCNC(=O)[C@@H](C)N(Cc1c(Cl)cccc1Cl)C(=O)CCCN(c1ccc(Cl)cc1)S(C)(=O)=O. The number of sulfonamides is 1. The van der Waals surface area contributed by atoms with Crippen LogP contribution in [0.1, 0.15) is 32.3 Å². The highest BCUT2D eigenvalue weighted by Crippen LogP contribution is 2.27. The van der Waals surface area contributed by atoms with Crippen molar-refractivity contribution >= 4 is 62.3 Å². The number of amides is 2. The van der Waals surface area contributed by atoms with Gasteiger partial charge in [-0.05, 0) is 56.7 Å². The van der Waals surface area contributed by atoms with Crippen LogP contribution in [0.4, 0.5) is 5.69 Å². The van der Waals surface area contributed by atoms with E-state index in [9.17, 15) is 18.0 Å². The van der Waals surface area contributed by atoms with Gasteiger partial charge in [-0.1, -0.05) is 40.9 Å². The molecule has 1 atom stereocenters. The highest BCUT2D eigenvalue weighted by atomic mass is 35.5. The molecule has 1 N–H and O–H groups in total. The maximum absolute atomic E-state index is 13.2. The van der Waals surface area contributed by atoms with Crippen LogP contribution in [0.25, 0.3) is 0 Å². The van der Waals surface area contributed by atoms with Crippen LogP contribution in [-0.4, -0.2) is 50.5 Å². The minimum atomic E-state index is -3.58. The van der Waals surface area contributed by atoms with Crippen molar-refractivity contribution in [1.82, 2.24) is 10.2 Å². The monoisotopic (exact) mass is 547 g/mol. The van der Waals surface area contributed by atoms with Gasteiger partial charge in [-0.15, -0.1) is 0 Å². The normalized spacial score (nSPS) is 12.2. The Hall–Kier alpha value is -2.00. The van der Waals surface area contributed by atoms with Gasteiger partial charge in [0.25, 0.3) is 0 Å². The Bertz CT molecular complexity index is 1090. The number of halogens is 3. The number of carbonyl (C=O) groups excluding carboxylic acids is 2. The van der Waals surface area contributed by atoms with E-state index < -0.39 is 16.1 Å². The number of nitrogens with one attached hydrogen (secondary N) is 1. The van der Waals surface area contributed by atoms with Gasteiger partial charge in [0.15, 0.2) is 0 Å². The fourth-order valence-electron chi connectivity index (χ4n) is 3.37. The van der Waals surface area contributed by atoms with Crippen molar-refractivity contribution in [2.75, 3.05) is 23.7 Å². The molecule has 0 saturated carbocycles. The van der Waals surface area contributed by atoms with Gasteiger partial charge in [-0.3, -0.25) is 13.9 Å². The van der Waals surface area contributed by atoms with Gasteiger partial charge in [0.1, 0.15) is 6.04 Å². The third kappa shape index (κ3) is 7.77. The van der Waals surface area contributed by atoms with Crippen LogP contribution in [0.3, 0.4) is 0 Å². The zero-order chi connectivity index (χ0) is 25.5. The van der Waals surface area contributed by atoms with Crippen molar-refractivity contribution in [3.05, 3.63) is 63.1 Å². The summed E-state index contributed by atoms with van der Waals surface area (Å²) >= 11 is 18.5. The fourth-order valence-corrected chi connectivity index (χ4v) is 4.98. The van der Waals surface area contributed by atoms with Gasteiger partial charge in [0, 0.05) is 46.7 Å². The number of benzene rings is 2. The molecule has 0 unspecified atom stereocenters. The summed E-state index contributed by atoms with van der Waals surface area (Å²) in [5.41, 5.74) is 0.990. The number of rotatable bonds is 11. The first-order chi connectivity index (χ1) is 16.0. The standard InChI is InChI=1S/C23H28Cl3N3O4S/c1-4-27-23(31)16(2)28(15-19-20(25)7-5-8-21(19)26)22(30)9-6-14-29(34(3,32)33)18-12-10-17(24)11-13-18/h5,7-8,10-13,16H,4,6,9,14-15H2,1-3H3,(H,27,31)/t16-/m1/s1. The van der Waals surface area contributed by atoms with Crippen LogP contribution in [-0.2, 0) is 26.2 Å². The molecule has 0 bridgehead atoms. The molecule has 0 saturated heterocycles. The third-order valence-corrected chi connectivity index (χ3v) is 7.33. The van der Waals surface area contributed by atoms with E-state index in [2.05, 4.69) is 5.32 Å². The Morgan fingerprint density at radius 1 is 1.03 bits per heavy atom. The molecule has 0 spiro atoms. The minimum absolute atomic E-state index is 0.0193. The molecule has 34 heavy (non-hydrogen) atoms. The maximum atomic E-state index is 13.2. The molecule has 2 rings (SSSR count). The second-order valence-electron chi connectivity index (χ2n) is 7.71. The summed E-state index contributed by atoms with van der Waals surface area (Å²) in [5.74, 6) is -0.628. The molecule has 0 heterocycles. The van der Waals surface area contributed by atoms with E-state index in [1.165, 1.54) is 9.21 Å². The number of anilines is 1. The van der Waals surface area contributed by atoms with Crippen LogP contribution >= 0.6 is 34.8 Å². The Labute approximate surface area is 216 Å². The molecule has 186 valence electrons. The third-order valence-electron chi connectivity index (χ3n) is 5.18. The first-order valence-corrected chi connectivity index (χ1v) is 13.7. The van der Waals surface area contributed by atoms with Gasteiger partial charge in [-0.2, -0.15) is 0 Å². The molecule has 2 amide bonds. The molecule has 0 fully saturated rings. The van der Waals surface area contributed by atoms with Crippen molar-refractivity contribution < 1.29 is 18.0 Å². The lowest BCUT2D eigenvalue weighted by atomic mass is 10.1. The van der Waals surface area contributed by atoms with Crippen LogP contribution < -0.4 is 9.62 Å². The topological polar surface area (TPSA) is 86.8 Å². The predicted octanol–water partition coefficient (Wildman–Crippen LogP) is 4.75. The van der Waals surface area contributed by atoms with E-state index in [0.29, 0.717) is 32.9 Å². The van der Waals surface area contributed by atoms with Gasteiger partial charge < -0.3 is 10.2 Å². The second kappa shape index (κ2) is 12.6. The average molecular weight is 549 g/mol. The summed E-state index contributed by atoms with van der Waals surface area (Å²) < 4.78 is 25.9. The van der Waals surface area contributed by atoms with E-state index in [-0.39, 0.29) is 37.7 Å². The number of carbonyl (C=O) groups is 2. The lowest BCUT2D eigenvalue weighted by Crippen LogP contribution is -2.47. The van der Waals surface area contributed by atoms with Gasteiger partial charge in [0.2, 0.25) is 21.8 Å². The minimum Gasteiger partial charge on any atom is -0.355 e. The van der Waals surface area contributed by atoms with Crippen LogP contribution in [0.2, 0.25) is 15.1 Å². The summed E-state index contributed by atoms with van der Waals surface area (Å²) in [5, 5.41) is 3.98. The van der Waals surface area contributed by atoms with Crippen molar-refractivity contribution in [2.24, 2.45) is 0 Å². The summed E-state index contributed by atoms with van der Waals surface area (Å²) in [6, 6.07) is 10.7. The smallest absolute Gasteiger partial charge is 0.242 e. The maximum Gasteiger partial charge on any atom is 0.242 e. The largest absolute Gasteiger partial charge is 0.355 e. The van der Waals surface area contributed by atoms with Gasteiger partial charge in [-0.25, -0.2) is 8.42 Å². The Morgan fingerprint density at radius 3 is 2.15 bits per heavy atom. The van der Waals surface area contributed by atoms with Crippen molar-refractivity contribution in [3.63, 3.8) is 0 Å². The van der Waals surface area contributed by atoms with Crippen molar-refractivity contribution in [2.45, 2.75) is 39.3 Å². The van der Waals surface area contributed by atoms with Crippen molar-refractivity contribution in [1.29, 1.82) is 0 Å². The lowest BCUT2D eigenvalue weighted by molar-refractivity contribution is -0.140. The first kappa shape index (κ1) is 28.2. The molecular weight excluding hydrogens is 521 g/mol. The summed E-state index contributed by atoms with van der Waals surface area (Å²) in [6.45, 7) is 3.97. The average Bonchev–Trinajstić information content (AvgIpc) is 2.76. The fraction of sp³-hybridized carbons (Fsp3) is 0.391. The highest BCUT2D eigenvalue weighted by molar-refractivity contribution is 7.92. The highest BCUT2D eigenvalue weighted by Gasteiger charge is 2.27. The molecule has 0 aliphatic rings. The molecule has 11 heteroatoms. The summed E-state index contributed by atoms with van der Waals surface area (Å²) in [4.78, 5) is 27.1. The first-order valence-electron chi connectivity index (χ1n) is 10.7. The zero-order valence-corrected chi connectivity index (χ0v) is 22.3. The molecular formula is C23H28Cl3N3O4S. The molecule has 0 aromatic heterocycles. The Balaban J connectivity index is 2.20. The van der Waals surface area contributed by atoms with E-state index in [1.807, 2.05) is 0 Å². The van der Waals surface area contributed by atoms with Crippen molar-refractivity contribution in [3.8, 4) is 0 Å². The summed E-state index contributed by atoms with van der Waals surface area (Å²) in [7, 11) is -3.58. The van der Waals surface area contributed by atoms with E-state index >= 15 is 0 Å². The van der Waals surface area contributed by atoms with E-state index in [1.54, 1.807) is 56.3 Å². The second-order valence-corrected chi connectivity index (χ2v) is 10.9. The lowest BCUT2D eigenvalue weighted by Gasteiger charge is -2.30. The number of hydrogen-bond acceptors (Lipinski definition) is 4. The van der Waals surface area contributed by atoms with E-state index in [0.717, 1.165) is 6.26 Å². The molecule has 0 aliphatic carbocycles. The number of likely N-dealkylation sites (N-methyl/N-ethyl adjacent to an activating group) is 1. The van der Waals surface area contributed by atoms with Crippen LogP contribution in [0.15, 0.2) is 42.5 Å². The van der Waals surface area contributed by atoms with Crippen LogP contribution in [0, 0.1) is 0 Å². The number of hydrogen-bond donors (Lipinski definition) is 1. The molecule has 2 aromatic carbocycles. The Kier molecular flexibility index (Phi) is 10.5. The summed E-state index contributed by atoms with van der Waals surface area (Å²) in [6.07, 6.45) is 1.36. The molecule has 7 nitrogen and oxygen atoms in total. The van der Waals surface area contributed by atoms with Gasteiger partial charge in [0.05, 0.1) is 11.9 Å². The molecule has 0 radical (unpaired) electrons. The predicted molar refractivity (Wildman–Crippen MR) is 138 cm³/mol.